The highest BCUT2D eigenvalue weighted by molar-refractivity contribution is 7.89. The zero-order chi connectivity index (χ0) is 24.9. The Morgan fingerprint density at radius 1 is 1.24 bits per heavy atom. The lowest BCUT2D eigenvalue weighted by molar-refractivity contribution is -0.384. The minimum absolute atomic E-state index is 0.00579. The van der Waals surface area contributed by atoms with Gasteiger partial charge in [0.25, 0.3) is 5.69 Å². The van der Waals surface area contributed by atoms with Gasteiger partial charge in [-0.1, -0.05) is 11.6 Å². The fourth-order valence-electron chi connectivity index (χ4n) is 3.02. The Hall–Kier alpha value is -3.13. The lowest BCUT2D eigenvalue weighted by Crippen LogP contribution is -2.40. The number of morpholine rings is 1. The van der Waals surface area contributed by atoms with Crippen molar-refractivity contribution in [1.29, 1.82) is 0 Å². The van der Waals surface area contributed by atoms with Crippen LogP contribution in [0.5, 0.6) is 5.75 Å². The average Bonchev–Trinajstić information content (AvgIpc) is 2.79. The smallest absolute Gasteiger partial charge is 0.387 e. The number of carbonyl (C=O) groups excluding carboxylic acids is 1. The van der Waals surface area contributed by atoms with Gasteiger partial charge in [-0.25, -0.2) is 8.42 Å². The molecule has 0 radical (unpaired) electrons. The highest BCUT2D eigenvalue weighted by Gasteiger charge is 2.27. The maximum atomic E-state index is 12.8. The van der Waals surface area contributed by atoms with E-state index in [1.165, 1.54) is 22.5 Å². The van der Waals surface area contributed by atoms with Crippen LogP contribution in [0.15, 0.2) is 47.4 Å². The van der Waals surface area contributed by atoms with Crippen LogP contribution in [-0.4, -0.2) is 56.5 Å². The summed E-state index contributed by atoms with van der Waals surface area (Å²) in [5.74, 6) is -1.17. The van der Waals surface area contributed by atoms with Gasteiger partial charge in [0.05, 0.1) is 33.7 Å². The quantitative estimate of drug-likeness (QED) is 0.322. The maximum Gasteiger partial charge on any atom is 0.387 e. The normalized spacial score (nSPS) is 14.9. The largest absolute Gasteiger partial charge is 0.434 e. The number of sulfonamides is 1. The average molecular weight is 518 g/mol. The monoisotopic (exact) mass is 517 g/mol. The Balaban J connectivity index is 1.82. The predicted molar refractivity (Wildman–Crippen MR) is 118 cm³/mol. The molecule has 1 saturated heterocycles. The molecule has 0 saturated carbocycles. The number of rotatable bonds is 8. The van der Waals surface area contributed by atoms with Gasteiger partial charge >= 0.3 is 6.61 Å². The van der Waals surface area contributed by atoms with E-state index in [4.69, 9.17) is 16.3 Å². The number of non-ortho nitro benzene ring substituents is 1. The van der Waals surface area contributed by atoms with Crippen molar-refractivity contribution < 1.29 is 36.4 Å². The molecule has 0 bridgehead atoms. The van der Waals surface area contributed by atoms with Crippen molar-refractivity contribution in [3.63, 3.8) is 0 Å². The second-order valence-corrected chi connectivity index (χ2v) is 9.18. The number of carbonyl (C=O) groups is 1. The van der Waals surface area contributed by atoms with E-state index in [-0.39, 0.29) is 53.2 Å². The fraction of sp³-hybridized carbons (Fsp3) is 0.250. The van der Waals surface area contributed by atoms with Gasteiger partial charge in [-0.05, 0) is 30.3 Å². The van der Waals surface area contributed by atoms with E-state index in [1.54, 1.807) is 0 Å². The summed E-state index contributed by atoms with van der Waals surface area (Å²) in [6.45, 7) is -2.30. The number of nitrogens with zero attached hydrogens (tertiary/aromatic N) is 2. The van der Waals surface area contributed by atoms with Crippen LogP contribution in [0.1, 0.15) is 5.56 Å². The molecule has 1 N–H and O–H groups in total. The molecule has 0 atom stereocenters. The van der Waals surface area contributed by atoms with Crippen LogP contribution in [0, 0.1) is 10.1 Å². The van der Waals surface area contributed by atoms with Crippen molar-refractivity contribution >= 4 is 45.0 Å². The van der Waals surface area contributed by atoms with Crippen molar-refractivity contribution in [2.75, 3.05) is 31.6 Å². The van der Waals surface area contributed by atoms with Gasteiger partial charge < -0.3 is 14.8 Å². The number of ether oxygens (including phenoxy) is 2. The molecule has 10 nitrogen and oxygen atoms in total. The second kappa shape index (κ2) is 10.9. The van der Waals surface area contributed by atoms with Gasteiger partial charge in [-0.15, -0.1) is 0 Å². The molecule has 3 rings (SSSR count). The van der Waals surface area contributed by atoms with Crippen molar-refractivity contribution in [2.24, 2.45) is 0 Å². The summed E-state index contributed by atoms with van der Waals surface area (Å²) in [5.41, 5.74) is -0.543. The lowest BCUT2D eigenvalue weighted by atomic mass is 10.1. The molecule has 2 aromatic rings. The third-order valence-corrected chi connectivity index (χ3v) is 6.86. The zero-order valence-electron chi connectivity index (χ0n) is 17.3. The molecular weight excluding hydrogens is 500 g/mol. The Bertz CT molecular complexity index is 1220. The van der Waals surface area contributed by atoms with Gasteiger partial charge in [-0.2, -0.15) is 13.1 Å². The zero-order valence-corrected chi connectivity index (χ0v) is 18.9. The van der Waals surface area contributed by atoms with E-state index in [2.05, 4.69) is 10.1 Å². The molecule has 34 heavy (non-hydrogen) atoms. The first-order chi connectivity index (χ1) is 16.1. The van der Waals surface area contributed by atoms with E-state index >= 15 is 0 Å². The Kier molecular flexibility index (Phi) is 8.15. The molecule has 182 valence electrons. The van der Waals surface area contributed by atoms with E-state index in [9.17, 15) is 32.1 Å². The molecule has 0 spiro atoms. The Labute approximate surface area is 197 Å². The van der Waals surface area contributed by atoms with Gasteiger partial charge in [0.15, 0.2) is 0 Å². The van der Waals surface area contributed by atoms with Gasteiger partial charge in [0.1, 0.15) is 5.75 Å². The van der Waals surface area contributed by atoms with Crippen LogP contribution in [-0.2, 0) is 19.6 Å². The number of anilines is 1. The van der Waals surface area contributed by atoms with Crippen LogP contribution >= 0.6 is 11.6 Å². The number of nitrogens with one attached hydrogen (secondary N) is 1. The summed E-state index contributed by atoms with van der Waals surface area (Å²) in [6, 6.07) is 6.73. The number of alkyl halides is 2. The molecular formula is C20H18ClF2N3O7S. The number of halogens is 3. The highest BCUT2D eigenvalue weighted by atomic mass is 35.5. The highest BCUT2D eigenvalue weighted by Crippen LogP contribution is 2.29. The summed E-state index contributed by atoms with van der Waals surface area (Å²) >= 11 is 6.09. The SMILES string of the molecule is O=C(C=Cc1cc([N+](=O)[O-])ccc1OC(F)F)Nc1cc(S(=O)(=O)N2CCOCC2)ccc1Cl. The summed E-state index contributed by atoms with van der Waals surface area (Å²) in [5, 5.41) is 13.4. The van der Waals surface area contributed by atoms with Gasteiger partial charge in [0.2, 0.25) is 15.9 Å². The Morgan fingerprint density at radius 3 is 2.59 bits per heavy atom. The molecule has 0 aliphatic carbocycles. The standard InChI is InChI=1S/C20H18ClF2N3O7S/c21-16-4-3-15(34(30,31)25-7-9-32-10-8-25)12-17(16)24-19(27)6-1-13-11-14(26(28)29)2-5-18(13)33-20(22)23/h1-6,11-12,20H,7-10H2,(H,24,27). The number of nitro groups is 1. The first-order valence-corrected chi connectivity index (χ1v) is 11.5. The van der Waals surface area contributed by atoms with Crippen LogP contribution in [0.25, 0.3) is 6.08 Å². The Morgan fingerprint density at radius 2 is 1.94 bits per heavy atom. The van der Waals surface area contributed by atoms with Crippen LogP contribution < -0.4 is 10.1 Å². The predicted octanol–water partition coefficient (Wildman–Crippen LogP) is 3.52. The molecule has 0 aromatic heterocycles. The lowest BCUT2D eigenvalue weighted by Gasteiger charge is -2.26. The molecule has 1 heterocycles. The minimum Gasteiger partial charge on any atom is -0.434 e. The summed E-state index contributed by atoms with van der Waals surface area (Å²) < 4.78 is 61.6. The number of hydrogen-bond acceptors (Lipinski definition) is 7. The number of hydrogen-bond donors (Lipinski definition) is 1. The van der Waals surface area contributed by atoms with Gasteiger partial charge in [-0.3, -0.25) is 14.9 Å². The number of benzene rings is 2. The van der Waals surface area contributed by atoms with Crippen molar-refractivity contribution in [3.05, 3.63) is 63.2 Å². The number of nitro benzene ring substituents is 1. The van der Waals surface area contributed by atoms with Crippen LogP contribution in [0.3, 0.4) is 0 Å². The van der Waals surface area contributed by atoms with Crippen molar-refractivity contribution in [1.82, 2.24) is 4.31 Å². The first-order valence-electron chi connectivity index (χ1n) is 9.67. The van der Waals surface area contributed by atoms with Crippen molar-refractivity contribution in [2.45, 2.75) is 11.5 Å². The molecule has 1 amide bonds. The second-order valence-electron chi connectivity index (χ2n) is 6.84. The fourth-order valence-corrected chi connectivity index (χ4v) is 4.62. The van der Waals surface area contributed by atoms with Crippen LogP contribution in [0.4, 0.5) is 20.2 Å². The van der Waals surface area contributed by atoms with Crippen molar-refractivity contribution in [3.8, 4) is 5.75 Å². The molecule has 14 heteroatoms. The van der Waals surface area contributed by atoms with Gasteiger partial charge in [0, 0.05) is 36.9 Å². The molecule has 1 aliphatic rings. The first kappa shape index (κ1) is 25.5. The molecule has 1 fully saturated rings. The number of amides is 1. The molecule has 2 aromatic carbocycles. The maximum absolute atomic E-state index is 12.8. The molecule has 1 aliphatic heterocycles. The third kappa shape index (κ3) is 6.26. The summed E-state index contributed by atoms with van der Waals surface area (Å²) in [7, 11) is -3.85. The molecule has 0 unspecified atom stereocenters. The topological polar surface area (TPSA) is 128 Å². The summed E-state index contributed by atoms with van der Waals surface area (Å²) in [6.07, 6.45) is 1.96. The summed E-state index contributed by atoms with van der Waals surface area (Å²) in [4.78, 5) is 22.5. The van der Waals surface area contributed by atoms with E-state index < -0.39 is 33.2 Å². The third-order valence-electron chi connectivity index (χ3n) is 4.64. The minimum atomic E-state index is -3.85. The van der Waals surface area contributed by atoms with Crippen LogP contribution in [0.2, 0.25) is 5.02 Å². The van der Waals surface area contributed by atoms with E-state index in [0.29, 0.717) is 0 Å². The van der Waals surface area contributed by atoms with E-state index in [0.717, 1.165) is 30.4 Å². The van der Waals surface area contributed by atoms with E-state index in [1.807, 2.05) is 0 Å².